The summed E-state index contributed by atoms with van der Waals surface area (Å²) in [6.45, 7) is 5.53. The highest BCUT2D eigenvalue weighted by Gasteiger charge is 2.39. The minimum Gasteiger partial charge on any atom is -0.386 e. The fourth-order valence-corrected chi connectivity index (χ4v) is 2.55. The molecule has 4 heteroatoms. The van der Waals surface area contributed by atoms with Gasteiger partial charge in [-0.1, -0.05) is 0 Å². The summed E-state index contributed by atoms with van der Waals surface area (Å²) < 4.78 is 5.43. The molecule has 94 valence electrons. The van der Waals surface area contributed by atoms with E-state index in [4.69, 9.17) is 4.74 Å². The highest BCUT2D eigenvalue weighted by atomic mass is 16.5. The molecule has 2 saturated heterocycles. The molecule has 0 aromatic heterocycles. The number of hydrogen-bond donors (Lipinski definition) is 3. The average Bonchev–Trinajstić information content (AvgIpc) is 2.52. The van der Waals surface area contributed by atoms with Crippen molar-refractivity contribution in [3.05, 3.63) is 0 Å². The highest BCUT2D eigenvalue weighted by Crippen LogP contribution is 2.25. The van der Waals surface area contributed by atoms with Gasteiger partial charge in [0, 0.05) is 25.6 Å². The van der Waals surface area contributed by atoms with Crippen LogP contribution in [0.5, 0.6) is 0 Å². The van der Waals surface area contributed by atoms with Crippen LogP contribution in [0.4, 0.5) is 0 Å². The lowest BCUT2D eigenvalue weighted by molar-refractivity contribution is -0.0278. The molecule has 2 aliphatic heterocycles. The van der Waals surface area contributed by atoms with Gasteiger partial charge in [-0.3, -0.25) is 0 Å². The Kier molecular flexibility index (Phi) is 4.19. The maximum Gasteiger partial charge on any atom is 0.105 e. The molecule has 4 nitrogen and oxygen atoms in total. The monoisotopic (exact) mass is 228 g/mol. The second kappa shape index (κ2) is 5.45. The molecule has 0 aliphatic carbocycles. The van der Waals surface area contributed by atoms with E-state index in [0.717, 1.165) is 25.9 Å². The van der Waals surface area contributed by atoms with Gasteiger partial charge in [-0.2, -0.15) is 0 Å². The third-order valence-electron chi connectivity index (χ3n) is 3.93. The topological polar surface area (TPSA) is 53.5 Å². The predicted molar refractivity (Wildman–Crippen MR) is 63.5 cm³/mol. The van der Waals surface area contributed by atoms with Gasteiger partial charge in [0.25, 0.3) is 0 Å². The molecular weight excluding hydrogens is 204 g/mol. The number of aliphatic hydroxyl groups is 1. The van der Waals surface area contributed by atoms with Crippen molar-refractivity contribution in [3.63, 3.8) is 0 Å². The minimum absolute atomic E-state index is 0.0381. The zero-order chi connectivity index (χ0) is 11.4. The van der Waals surface area contributed by atoms with Gasteiger partial charge in [-0.05, 0) is 39.3 Å². The molecule has 2 heterocycles. The smallest absolute Gasteiger partial charge is 0.105 e. The second-order valence-corrected chi connectivity index (χ2v) is 5.13. The Labute approximate surface area is 97.7 Å². The van der Waals surface area contributed by atoms with Gasteiger partial charge in [0.2, 0.25) is 0 Å². The van der Waals surface area contributed by atoms with E-state index in [0.29, 0.717) is 19.2 Å². The third kappa shape index (κ3) is 2.94. The van der Waals surface area contributed by atoms with Crippen molar-refractivity contribution in [2.75, 3.05) is 26.2 Å². The molecule has 0 radical (unpaired) electrons. The largest absolute Gasteiger partial charge is 0.386 e. The van der Waals surface area contributed by atoms with E-state index in [1.807, 2.05) is 6.92 Å². The van der Waals surface area contributed by atoms with Gasteiger partial charge >= 0.3 is 0 Å². The van der Waals surface area contributed by atoms with Crippen LogP contribution in [0.15, 0.2) is 0 Å². The van der Waals surface area contributed by atoms with Crippen LogP contribution >= 0.6 is 0 Å². The van der Waals surface area contributed by atoms with E-state index in [9.17, 15) is 5.11 Å². The number of ether oxygens (including phenoxy) is 1. The van der Waals surface area contributed by atoms with E-state index in [1.165, 1.54) is 12.8 Å². The predicted octanol–water partition coefficient (Wildman–Crippen LogP) is 0.258. The minimum atomic E-state index is -0.653. The molecule has 3 atom stereocenters. The SMILES string of the molecule is CC1OCCC1(O)CNC1CCCNCC1. The maximum atomic E-state index is 10.4. The van der Waals surface area contributed by atoms with E-state index < -0.39 is 5.60 Å². The van der Waals surface area contributed by atoms with Gasteiger partial charge in [0.1, 0.15) is 5.60 Å². The first kappa shape index (κ1) is 12.3. The number of nitrogens with one attached hydrogen (secondary N) is 2. The summed E-state index contributed by atoms with van der Waals surface area (Å²) in [4.78, 5) is 0. The van der Waals surface area contributed by atoms with Crippen LogP contribution in [0.3, 0.4) is 0 Å². The Morgan fingerprint density at radius 3 is 3.06 bits per heavy atom. The molecule has 0 aromatic rings. The Morgan fingerprint density at radius 1 is 1.44 bits per heavy atom. The second-order valence-electron chi connectivity index (χ2n) is 5.13. The van der Waals surface area contributed by atoms with Crippen LogP contribution in [0.2, 0.25) is 0 Å². The van der Waals surface area contributed by atoms with Gasteiger partial charge in [-0.25, -0.2) is 0 Å². The third-order valence-corrected chi connectivity index (χ3v) is 3.93. The highest BCUT2D eigenvalue weighted by molar-refractivity contribution is 4.92. The first-order valence-corrected chi connectivity index (χ1v) is 6.49. The van der Waals surface area contributed by atoms with Crippen molar-refractivity contribution in [2.45, 2.75) is 50.4 Å². The summed E-state index contributed by atoms with van der Waals surface area (Å²) in [5.41, 5.74) is -0.653. The summed E-state index contributed by atoms with van der Waals surface area (Å²) >= 11 is 0. The first-order valence-electron chi connectivity index (χ1n) is 6.49. The molecule has 0 bridgehead atoms. The molecule has 16 heavy (non-hydrogen) atoms. The number of rotatable bonds is 3. The summed E-state index contributed by atoms with van der Waals surface area (Å²) in [5.74, 6) is 0. The summed E-state index contributed by atoms with van der Waals surface area (Å²) in [6, 6.07) is 0.548. The first-order chi connectivity index (χ1) is 7.71. The molecule has 2 rings (SSSR count). The zero-order valence-electron chi connectivity index (χ0n) is 10.2. The van der Waals surface area contributed by atoms with Gasteiger partial charge in [0.05, 0.1) is 6.10 Å². The van der Waals surface area contributed by atoms with Gasteiger partial charge in [-0.15, -0.1) is 0 Å². The molecule has 0 spiro atoms. The summed E-state index contributed by atoms with van der Waals surface area (Å²) in [7, 11) is 0. The van der Waals surface area contributed by atoms with Crippen LogP contribution in [-0.2, 0) is 4.74 Å². The molecule has 2 aliphatic rings. The molecular formula is C12H24N2O2. The van der Waals surface area contributed by atoms with Crippen molar-refractivity contribution < 1.29 is 9.84 Å². The quantitative estimate of drug-likeness (QED) is 0.648. The lowest BCUT2D eigenvalue weighted by Gasteiger charge is -2.28. The lowest BCUT2D eigenvalue weighted by Crippen LogP contribution is -2.48. The summed E-state index contributed by atoms with van der Waals surface area (Å²) in [6.07, 6.45) is 4.31. The van der Waals surface area contributed by atoms with Crippen LogP contribution in [0, 0.1) is 0 Å². The number of hydrogen-bond acceptors (Lipinski definition) is 4. The summed E-state index contributed by atoms with van der Waals surface area (Å²) in [5, 5.41) is 17.3. The fourth-order valence-electron chi connectivity index (χ4n) is 2.55. The van der Waals surface area contributed by atoms with Crippen molar-refractivity contribution in [1.29, 1.82) is 0 Å². The normalized spacial score (nSPS) is 40.9. The average molecular weight is 228 g/mol. The van der Waals surface area contributed by atoms with E-state index in [2.05, 4.69) is 10.6 Å². The van der Waals surface area contributed by atoms with Crippen molar-refractivity contribution in [1.82, 2.24) is 10.6 Å². The van der Waals surface area contributed by atoms with Crippen LogP contribution in [0.1, 0.15) is 32.6 Å². The van der Waals surface area contributed by atoms with Crippen molar-refractivity contribution in [2.24, 2.45) is 0 Å². The van der Waals surface area contributed by atoms with Crippen LogP contribution in [-0.4, -0.2) is 49.1 Å². The van der Waals surface area contributed by atoms with Crippen molar-refractivity contribution in [3.8, 4) is 0 Å². The Morgan fingerprint density at radius 2 is 2.31 bits per heavy atom. The van der Waals surface area contributed by atoms with E-state index in [-0.39, 0.29) is 6.10 Å². The zero-order valence-corrected chi connectivity index (χ0v) is 10.2. The Bertz CT molecular complexity index is 217. The van der Waals surface area contributed by atoms with E-state index in [1.54, 1.807) is 0 Å². The molecule has 0 saturated carbocycles. The Hall–Kier alpha value is -0.160. The maximum absolute atomic E-state index is 10.4. The van der Waals surface area contributed by atoms with Gasteiger partial charge in [0.15, 0.2) is 0 Å². The van der Waals surface area contributed by atoms with Crippen LogP contribution in [0.25, 0.3) is 0 Å². The lowest BCUT2D eigenvalue weighted by atomic mass is 9.96. The van der Waals surface area contributed by atoms with Gasteiger partial charge < -0.3 is 20.5 Å². The molecule has 0 aromatic carbocycles. The standard InChI is InChI=1S/C12H24N2O2/c1-10-12(15,5-8-16-10)9-14-11-3-2-6-13-7-4-11/h10-11,13-15H,2-9H2,1H3. The van der Waals surface area contributed by atoms with Crippen LogP contribution < -0.4 is 10.6 Å². The molecule has 3 unspecified atom stereocenters. The molecule has 0 amide bonds. The molecule has 2 fully saturated rings. The van der Waals surface area contributed by atoms with E-state index >= 15 is 0 Å². The fraction of sp³-hybridized carbons (Fsp3) is 1.00. The molecule has 3 N–H and O–H groups in total. The van der Waals surface area contributed by atoms with Crippen molar-refractivity contribution >= 4 is 0 Å². The Balaban J connectivity index is 1.77.